The molecular weight excluding hydrogens is 671 g/mol. The zero-order chi connectivity index (χ0) is 36.3. The average molecular weight is 704 g/mol. The summed E-state index contributed by atoms with van der Waals surface area (Å²) in [6.45, 7) is 0. The fourth-order valence-electron chi connectivity index (χ4n) is 8.29. The topological polar surface area (TPSA) is 29.5 Å². The molecule has 0 N–H and O–H groups in total. The van der Waals surface area contributed by atoms with Crippen molar-refractivity contribution in [3.05, 3.63) is 200 Å². The Bertz CT molecular complexity index is 3200. The van der Waals surface area contributed by atoms with Gasteiger partial charge in [-0.05, 0) is 68.9 Å². The van der Waals surface area contributed by atoms with E-state index in [1.807, 2.05) is 12.1 Å². The fourth-order valence-corrected chi connectivity index (χ4v) is 8.29. The number of anilines is 3. The van der Waals surface area contributed by atoms with E-state index in [1.165, 1.54) is 27.5 Å². The highest BCUT2D eigenvalue weighted by atomic mass is 16.3. The van der Waals surface area contributed by atoms with Gasteiger partial charge in [-0.3, -0.25) is 0 Å². The van der Waals surface area contributed by atoms with E-state index < -0.39 is 0 Å². The Morgan fingerprint density at radius 3 is 1.65 bits per heavy atom. The predicted octanol–water partition coefficient (Wildman–Crippen LogP) is 15.1. The third-order valence-corrected chi connectivity index (χ3v) is 10.9. The van der Waals surface area contributed by atoms with E-state index in [0.29, 0.717) is 0 Å². The number of furan rings is 2. The zero-order valence-electron chi connectivity index (χ0n) is 29.8. The Hall–Kier alpha value is -7.36. The molecule has 2 aromatic heterocycles. The standard InChI is InChI=1S/C52H33NO2/c1-2-13-34(14-3-1)35-29-31-37(32-30-35)42-22-10-23-45-46-25-12-27-48(52(46)55-50(42)45)53(47-26-11-24-44-43-20-6-7-28-49(43)54-51(44)47)39-18-8-17-38(33-39)41-21-9-16-36-15-4-5-19-40(36)41/h1-33H. The summed E-state index contributed by atoms with van der Waals surface area (Å²) >= 11 is 0. The lowest BCUT2D eigenvalue weighted by molar-refractivity contribution is 0.666. The van der Waals surface area contributed by atoms with Crippen molar-refractivity contribution >= 4 is 71.7 Å². The van der Waals surface area contributed by atoms with Gasteiger partial charge in [-0.1, -0.05) is 170 Å². The third-order valence-electron chi connectivity index (χ3n) is 10.9. The van der Waals surface area contributed by atoms with Crippen LogP contribution in [0.2, 0.25) is 0 Å². The Kier molecular flexibility index (Phi) is 7.17. The predicted molar refractivity (Wildman–Crippen MR) is 229 cm³/mol. The van der Waals surface area contributed by atoms with Crippen LogP contribution in [0, 0.1) is 0 Å². The lowest BCUT2D eigenvalue weighted by Gasteiger charge is -2.26. The second-order valence-corrected chi connectivity index (χ2v) is 14.0. The van der Waals surface area contributed by atoms with E-state index in [-0.39, 0.29) is 0 Å². The number of rotatable bonds is 6. The van der Waals surface area contributed by atoms with Gasteiger partial charge in [0.05, 0.1) is 11.4 Å². The average Bonchev–Trinajstić information content (AvgIpc) is 3.84. The van der Waals surface area contributed by atoms with Crippen LogP contribution >= 0.6 is 0 Å². The molecule has 0 amide bonds. The van der Waals surface area contributed by atoms with Crippen LogP contribution < -0.4 is 4.90 Å². The van der Waals surface area contributed by atoms with E-state index in [0.717, 1.165) is 77.6 Å². The highest BCUT2D eigenvalue weighted by molar-refractivity contribution is 6.15. The van der Waals surface area contributed by atoms with Crippen molar-refractivity contribution in [1.29, 1.82) is 0 Å². The lowest BCUT2D eigenvalue weighted by Crippen LogP contribution is -2.10. The minimum Gasteiger partial charge on any atom is -0.454 e. The molecule has 0 aliphatic rings. The Balaban J connectivity index is 1.14. The van der Waals surface area contributed by atoms with Crippen molar-refractivity contribution in [1.82, 2.24) is 0 Å². The van der Waals surface area contributed by atoms with Crippen molar-refractivity contribution < 1.29 is 8.83 Å². The zero-order valence-corrected chi connectivity index (χ0v) is 29.8. The Morgan fingerprint density at radius 1 is 0.309 bits per heavy atom. The molecule has 11 aromatic rings. The number of fused-ring (bicyclic) bond motifs is 7. The number of nitrogens with zero attached hydrogens (tertiary/aromatic N) is 1. The summed E-state index contributed by atoms with van der Waals surface area (Å²) < 4.78 is 13.8. The molecule has 0 spiro atoms. The molecule has 0 saturated heterocycles. The summed E-state index contributed by atoms with van der Waals surface area (Å²) in [5.41, 5.74) is 13.1. The molecule has 0 atom stereocenters. The molecular formula is C52H33NO2. The first-order chi connectivity index (χ1) is 27.3. The first-order valence-corrected chi connectivity index (χ1v) is 18.7. The molecule has 3 nitrogen and oxygen atoms in total. The lowest BCUT2D eigenvalue weighted by atomic mass is 9.97. The Morgan fingerprint density at radius 2 is 0.836 bits per heavy atom. The molecule has 9 aromatic carbocycles. The molecule has 0 radical (unpaired) electrons. The van der Waals surface area contributed by atoms with E-state index >= 15 is 0 Å². The molecule has 11 rings (SSSR count). The molecule has 0 unspecified atom stereocenters. The quantitative estimate of drug-likeness (QED) is 0.173. The fraction of sp³-hybridized carbons (Fsp3) is 0. The second-order valence-electron chi connectivity index (χ2n) is 14.0. The highest BCUT2D eigenvalue weighted by Crippen LogP contribution is 2.47. The second kappa shape index (κ2) is 12.6. The van der Waals surface area contributed by atoms with Gasteiger partial charge in [0.2, 0.25) is 0 Å². The van der Waals surface area contributed by atoms with Crippen LogP contribution in [-0.2, 0) is 0 Å². The van der Waals surface area contributed by atoms with Crippen LogP contribution in [0.3, 0.4) is 0 Å². The van der Waals surface area contributed by atoms with Gasteiger partial charge >= 0.3 is 0 Å². The molecule has 2 heterocycles. The van der Waals surface area contributed by atoms with E-state index in [1.54, 1.807) is 0 Å². The summed E-state index contributed by atoms with van der Waals surface area (Å²) in [6.07, 6.45) is 0. The van der Waals surface area contributed by atoms with Gasteiger partial charge < -0.3 is 13.7 Å². The number of benzene rings is 9. The number of hydrogen-bond donors (Lipinski definition) is 0. The highest BCUT2D eigenvalue weighted by Gasteiger charge is 2.24. The molecule has 0 saturated carbocycles. The van der Waals surface area contributed by atoms with E-state index in [2.05, 4.69) is 193 Å². The monoisotopic (exact) mass is 703 g/mol. The van der Waals surface area contributed by atoms with Gasteiger partial charge in [-0.15, -0.1) is 0 Å². The maximum Gasteiger partial charge on any atom is 0.159 e. The number of para-hydroxylation sites is 4. The van der Waals surface area contributed by atoms with Crippen LogP contribution in [0.15, 0.2) is 209 Å². The number of hydrogen-bond acceptors (Lipinski definition) is 3. The SMILES string of the molecule is c1ccc(-c2ccc(-c3cccc4c3oc3c(N(c5cccc(-c6cccc7ccccc67)c5)c5cccc6c5oc5ccccc56)cccc34)cc2)cc1. The Labute approximate surface area is 317 Å². The van der Waals surface area contributed by atoms with Crippen molar-refractivity contribution in [2.45, 2.75) is 0 Å². The van der Waals surface area contributed by atoms with Crippen LogP contribution in [0.25, 0.3) is 88.0 Å². The third kappa shape index (κ3) is 5.13. The van der Waals surface area contributed by atoms with Crippen LogP contribution in [0.1, 0.15) is 0 Å². The summed E-state index contributed by atoms with van der Waals surface area (Å²) in [7, 11) is 0. The maximum absolute atomic E-state index is 7.08. The molecule has 0 fully saturated rings. The van der Waals surface area contributed by atoms with Gasteiger partial charge in [-0.25, -0.2) is 0 Å². The summed E-state index contributed by atoms with van der Waals surface area (Å²) in [5, 5.41) is 6.73. The van der Waals surface area contributed by atoms with Gasteiger partial charge in [-0.2, -0.15) is 0 Å². The first kappa shape index (κ1) is 31.2. The van der Waals surface area contributed by atoms with Crippen molar-refractivity contribution in [3.63, 3.8) is 0 Å². The minimum absolute atomic E-state index is 0.814. The smallest absolute Gasteiger partial charge is 0.159 e. The molecule has 3 heteroatoms. The molecule has 55 heavy (non-hydrogen) atoms. The van der Waals surface area contributed by atoms with Crippen molar-refractivity contribution in [2.75, 3.05) is 4.90 Å². The van der Waals surface area contributed by atoms with Crippen molar-refractivity contribution in [2.24, 2.45) is 0 Å². The van der Waals surface area contributed by atoms with Crippen LogP contribution in [0.4, 0.5) is 17.1 Å². The molecule has 0 aliphatic carbocycles. The molecule has 0 bridgehead atoms. The van der Waals surface area contributed by atoms with Gasteiger partial charge in [0, 0.05) is 32.8 Å². The maximum atomic E-state index is 7.08. The summed E-state index contributed by atoms with van der Waals surface area (Å²) in [5.74, 6) is 0. The van der Waals surface area contributed by atoms with Gasteiger partial charge in [0.1, 0.15) is 11.2 Å². The van der Waals surface area contributed by atoms with Crippen molar-refractivity contribution in [3.8, 4) is 33.4 Å². The largest absolute Gasteiger partial charge is 0.454 e. The van der Waals surface area contributed by atoms with E-state index in [9.17, 15) is 0 Å². The summed E-state index contributed by atoms with van der Waals surface area (Å²) in [6, 6.07) is 70.7. The minimum atomic E-state index is 0.814. The van der Waals surface area contributed by atoms with Crippen LogP contribution in [-0.4, -0.2) is 0 Å². The molecule has 0 aliphatic heterocycles. The van der Waals surface area contributed by atoms with E-state index in [4.69, 9.17) is 8.83 Å². The van der Waals surface area contributed by atoms with Gasteiger partial charge in [0.15, 0.2) is 11.2 Å². The molecule has 258 valence electrons. The first-order valence-electron chi connectivity index (χ1n) is 18.7. The van der Waals surface area contributed by atoms with Crippen LogP contribution in [0.5, 0.6) is 0 Å². The summed E-state index contributed by atoms with van der Waals surface area (Å²) in [4.78, 5) is 2.30. The normalized spacial score (nSPS) is 11.6. The van der Waals surface area contributed by atoms with Gasteiger partial charge in [0.25, 0.3) is 0 Å².